The molecule has 0 spiro atoms. The largest absolute Gasteiger partial charge is 0.464 e. The van der Waals surface area contributed by atoms with Gasteiger partial charge in [-0.25, -0.2) is 4.79 Å². The van der Waals surface area contributed by atoms with Crippen LogP contribution in [0.2, 0.25) is 0 Å². The molecule has 1 amide bonds. The standard InChI is InChI=1S/C14H12F3N3O3/c1-7-5-9(11(19-7)13(22)23-2)20-12(21)8-3-4-18-10(6-8)14(15,16)17/h3-6,19H,1-2H3,(H,20,21). The predicted molar refractivity (Wildman–Crippen MR) is 74.1 cm³/mol. The third-order valence-electron chi connectivity index (χ3n) is 2.90. The van der Waals surface area contributed by atoms with E-state index in [4.69, 9.17) is 0 Å². The molecule has 0 aliphatic rings. The van der Waals surface area contributed by atoms with Gasteiger partial charge >= 0.3 is 12.1 Å². The number of aromatic nitrogens is 2. The van der Waals surface area contributed by atoms with E-state index in [0.717, 1.165) is 12.3 Å². The number of methoxy groups -OCH3 is 1. The van der Waals surface area contributed by atoms with Crippen molar-refractivity contribution in [1.82, 2.24) is 9.97 Å². The number of H-pyrrole nitrogens is 1. The predicted octanol–water partition coefficient (Wildman–Crippen LogP) is 2.78. The maximum atomic E-state index is 12.6. The van der Waals surface area contributed by atoms with Crippen LogP contribution in [0.4, 0.5) is 18.9 Å². The van der Waals surface area contributed by atoms with Gasteiger partial charge in [-0.2, -0.15) is 13.2 Å². The minimum Gasteiger partial charge on any atom is -0.464 e. The molecule has 0 bridgehead atoms. The van der Waals surface area contributed by atoms with Gasteiger partial charge in [0.2, 0.25) is 0 Å². The highest BCUT2D eigenvalue weighted by molar-refractivity contribution is 6.07. The molecule has 6 nitrogen and oxygen atoms in total. The Balaban J connectivity index is 2.28. The summed E-state index contributed by atoms with van der Waals surface area (Å²) >= 11 is 0. The van der Waals surface area contributed by atoms with Crippen LogP contribution in [0.25, 0.3) is 0 Å². The highest BCUT2D eigenvalue weighted by Gasteiger charge is 2.33. The van der Waals surface area contributed by atoms with Crippen molar-refractivity contribution in [1.29, 1.82) is 0 Å². The van der Waals surface area contributed by atoms with Crippen molar-refractivity contribution >= 4 is 17.6 Å². The summed E-state index contributed by atoms with van der Waals surface area (Å²) in [5.74, 6) is -1.51. The summed E-state index contributed by atoms with van der Waals surface area (Å²) in [6, 6.07) is 3.24. The number of esters is 1. The molecule has 2 rings (SSSR count). The second kappa shape index (κ2) is 6.11. The van der Waals surface area contributed by atoms with Crippen molar-refractivity contribution in [2.45, 2.75) is 13.1 Å². The number of carbonyl (C=O) groups excluding carboxylic acids is 2. The van der Waals surface area contributed by atoms with Gasteiger partial charge in [0.1, 0.15) is 11.4 Å². The van der Waals surface area contributed by atoms with Crippen molar-refractivity contribution < 1.29 is 27.5 Å². The van der Waals surface area contributed by atoms with Crippen LogP contribution >= 0.6 is 0 Å². The van der Waals surface area contributed by atoms with Crippen molar-refractivity contribution in [2.24, 2.45) is 0 Å². The van der Waals surface area contributed by atoms with E-state index in [1.807, 2.05) is 0 Å². The van der Waals surface area contributed by atoms with Crippen LogP contribution in [0.1, 0.15) is 32.2 Å². The number of hydrogen-bond donors (Lipinski definition) is 2. The summed E-state index contributed by atoms with van der Waals surface area (Å²) < 4.78 is 42.4. The zero-order valence-electron chi connectivity index (χ0n) is 12.1. The molecule has 2 aromatic rings. The van der Waals surface area contributed by atoms with Crippen LogP contribution in [0.3, 0.4) is 0 Å². The quantitative estimate of drug-likeness (QED) is 0.849. The summed E-state index contributed by atoms with van der Waals surface area (Å²) in [5, 5.41) is 2.38. The number of amides is 1. The lowest BCUT2D eigenvalue weighted by atomic mass is 10.2. The molecule has 0 aliphatic heterocycles. The Morgan fingerprint density at radius 1 is 1.30 bits per heavy atom. The first-order chi connectivity index (χ1) is 10.7. The number of alkyl halides is 3. The van der Waals surface area contributed by atoms with E-state index < -0.39 is 23.7 Å². The van der Waals surface area contributed by atoms with E-state index >= 15 is 0 Å². The third-order valence-corrected chi connectivity index (χ3v) is 2.90. The number of carbonyl (C=O) groups is 2. The van der Waals surface area contributed by atoms with Crippen molar-refractivity contribution in [2.75, 3.05) is 12.4 Å². The lowest BCUT2D eigenvalue weighted by Crippen LogP contribution is -2.16. The molecular formula is C14H12F3N3O3. The van der Waals surface area contributed by atoms with E-state index in [2.05, 4.69) is 20.0 Å². The summed E-state index contributed by atoms with van der Waals surface area (Å²) in [4.78, 5) is 29.6. The molecule has 9 heteroatoms. The first-order valence-electron chi connectivity index (χ1n) is 6.35. The lowest BCUT2D eigenvalue weighted by molar-refractivity contribution is -0.141. The van der Waals surface area contributed by atoms with Gasteiger partial charge < -0.3 is 15.0 Å². The number of hydrogen-bond acceptors (Lipinski definition) is 4. The highest BCUT2D eigenvalue weighted by atomic mass is 19.4. The molecule has 0 radical (unpaired) electrons. The van der Waals surface area contributed by atoms with E-state index in [-0.39, 0.29) is 16.9 Å². The molecule has 122 valence electrons. The number of nitrogens with zero attached hydrogens (tertiary/aromatic N) is 1. The zero-order valence-corrected chi connectivity index (χ0v) is 12.1. The average Bonchev–Trinajstić information content (AvgIpc) is 2.86. The molecular weight excluding hydrogens is 315 g/mol. The van der Waals surface area contributed by atoms with Gasteiger partial charge in [0.25, 0.3) is 5.91 Å². The number of aryl methyl sites for hydroxylation is 1. The molecule has 0 atom stereocenters. The second-order valence-electron chi connectivity index (χ2n) is 4.61. The SMILES string of the molecule is COC(=O)c1[nH]c(C)cc1NC(=O)c1ccnc(C(F)(F)F)c1. The van der Waals surface area contributed by atoms with E-state index in [1.165, 1.54) is 13.2 Å². The summed E-state index contributed by atoms with van der Waals surface area (Å²) in [6.07, 6.45) is -3.76. The van der Waals surface area contributed by atoms with Gasteiger partial charge in [-0.15, -0.1) is 0 Å². The first kappa shape index (κ1) is 16.5. The Labute approximate surface area is 128 Å². The fourth-order valence-corrected chi connectivity index (χ4v) is 1.87. The van der Waals surface area contributed by atoms with Gasteiger partial charge in [0.05, 0.1) is 12.8 Å². The number of rotatable bonds is 3. The molecule has 2 N–H and O–H groups in total. The second-order valence-corrected chi connectivity index (χ2v) is 4.61. The molecule has 23 heavy (non-hydrogen) atoms. The summed E-state index contributed by atoms with van der Waals surface area (Å²) in [6.45, 7) is 1.65. The maximum absolute atomic E-state index is 12.6. The summed E-state index contributed by atoms with van der Waals surface area (Å²) in [7, 11) is 1.17. The number of aromatic amines is 1. The van der Waals surface area contributed by atoms with E-state index in [9.17, 15) is 22.8 Å². The number of ether oxygens (including phenoxy) is 1. The molecule has 2 aromatic heterocycles. The zero-order chi connectivity index (χ0) is 17.2. The van der Waals surface area contributed by atoms with Crippen LogP contribution in [0.15, 0.2) is 24.4 Å². The van der Waals surface area contributed by atoms with Crippen LogP contribution in [-0.2, 0) is 10.9 Å². The Morgan fingerprint density at radius 3 is 2.61 bits per heavy atom. The van der Waals surface area contributed by atoms with E-state index in [0.29, 0.717) is 11.8 Å². The number of pyridine rings is 1. The van der Waals surface area contributed by atoms with Gasteiger partial charge in [-0.3, -0.25) is 9.78 Å². The average molecular weight is 327 g/mol. The van der Waals surface area contributed by atoms with Crippen LogP contribution in [-0.4, -0.2) is 29.0 Å². The minimum atomic E-state index is -4.65. The van der Waals surface area contributed by atoms with Crippen LogP contribution in [0, 0.1) is 6.92 Å². The number of nitrogens with one attached hydrogen (secondary N) is 2. The van der Waals surface area contributed by atoms with Gasteiger partial charge in [-0.05, 0) is 25.1 Å². The number of halogens is 3. The Hall–Kier alpha value is -2.84. The Kier molecular flexibility index (Phi) is 4.39. The lowest BCUT2D eigenvalue weighted by Gasteiger charge is -2.08. The molecule has 0 aliphatic carbocycles. The molecule has 0 saturated carbocycles. The maximum Gasteiger partial charge on any atom is 0.433 e. The minimum absolute atomic E-state index is 0.00320. The topological polar surface area (TPSA) is 84.1 Å². The molecule has 0 saturated heterocycles. The first-order valence-corrected chi connectivity index (χ1v) is 6.35. The van der Waals surface area contributed by atoms with Crippen molar-refractivity contribution in [3.05, 3.63) is 47.0 Å². The smallest absolute Gasteiger partial charge is 0.433 e. The Morgan fingerprint density at radius 2 is 2.00 bits per heavy atom. The normalized spacial score (nSPS) is 11.2. The molecule has 2 heterocycles. The monoisotopic (exact) mass is 327 g/mol. The fraction of sp³-hybridized carbons (Fsp3) is 0.214. The summed E-state index contributed by atoms with van der Waals surface area (Å²) in [5.41, 5.74) is -0.717. The molecule has 0 unspecified atom stereocenters. The van der Waals surface area contributed by atoms with Crippen molar-refractivity contribution in [3.8, 4) is 0 Å². The fourth-order valence-electron chi connectivity index (χ4n) is 1.87. The Bertz CT molecular complexity index is 753. The van der Waals surface area contributed by atoms with Crippen LogP contribution < -0.4 is 5.32 Å². The van der Waals surface area contributed by atoms with Gasteiger partial charge in [0, 0.05) is 17.5 Å². The molecule has 0 fully saturated rings. The van der Waals surface area contributed by atoms with Crippen molar-refractivity contribution in [3.63, 3.8) is 0 Å². The van der Waals surface area contributed by atoms with Gasteiger partial charge in [0.15, 0.2) is 0 Å². The third kappa shape index (κ3) is 3.68. The highest BCUT2D eigenvalue weighted by Crippen LogP contribution is 2.28. The van der Waals surface area contributed by atoms with Crippen LogP contribution in [0.5, 0.6) is 0 Å². The number of anilines is 1. The molecule has 0 aromatic carbocycles. The van der Waals surface area contributed by atoms with E-state index in [1.54, 1.807) is 6.92 Å². The van der Waals surface area contributed by atoms with Gasteiger partial charge in [-0.1, -0.05) is 0 Å².